The molecule has 0 heterocycles. The van der Waals surface area contributed by atoms with Crippen LogP contribution in [0.15, 0.2) is 18.2 Å². The van der Waals surface area contributed by atoms with Crippen molar-refractivity contribution in [3.05, 3.63) is 29.3 Å². The maximum absolute atomic E-state index is 6.15. The van der Waals surface area contributed by atoms with Crippen LogP contribution in [0.4, 0.5) is 0 Å². The quantitative estimate of drug-likeness (QED) is 0.880. The van der Waals surface area contributed by atoms with Crippen molar-refractivity contribution in [3.63, 3.8) is 0 Å². The van der Waals surface area contributed by atoms with Crippen LogP contribution in [0.1, 0.15) is 36.8 Å². The van der Waals surface area contributed by atoms with Crippen LogP contribution in [-0.2, 0) is 12.8 Å². The highest BCUT2D eigenvalue weighted by molar-refractivity contribution is 5.38. The SMILES string of the molecule is CNCC1CCC(Oc2ccc3c(c2)CCC3)C1. The minimum atomic E-state index is 0.433. The fraction of sp³-hybridized carbons (Fsp3) is 0.625. The lowest BCUT2D eigenvalue weighted by Gasteiger charge is -2.15. The number of fused-ring (bicyclic) bond motifs is 1. The van der Waals surface area contributed by atoms with Gasteiger partial charge in [-0.3, -0.25) is 0 Å². The highest BCUT2D eigenvalue weighted by Gasteiger charge is 2.25. The molecule has 1 aromatic rings. The van der Waals surface area contributed by atoms with E-state index < -0.39 is 0 Å². The molecule has 2 unspecified atom stereocenters. The summed E-state index contributed by atoms with van der Waals surface area (Å²) in [7, 11) is 2.04. The number of hydrogen-bond donors (Lipinski definition) is 1. The Kier molecular flexibility index (Phi) is 3.55. The van der Waals surface area contributed by atoms with E-state index in [-0.39, 0.29) is 0 Å². The lowest BCUT2D eigenvalue weighted by atomic mass is 10.1. The van der Waals surface area contributed by atoms with E-state index in [1.165, 1.54) is 49.7 Å². The summed E-state index contributed by atoms with van der Waals surface area (Å²) < 4.78 is 6.15. The molecule has 3 rings (SSSR count). The molecular weight excluding hydrogens is 222 g/mol. The summed E-state index contributed by atoms with van der Waals surface area (Å²) in [5.74, 6) is 1.89. The number of nitrogens with one attached hydrogen (secondary N) is 1. The van der Waals surface area contributed by atoms with Gasteiger partial charge in [0.1, 0.15) is 5.75 Å². The topological polar surface area (TPSA) is 21.3 Å². The van der Waals surface area contributed by atoms with Gasteiger partial charge in [0.25, 0.3) is 0 Å². The highest BCUT2D eigenvalue weighted by atomic mass is 16.5. The second kappa shape index (κ2) is 5.31. The molecule has 1 N–H and O–H groups in total. The first-order chi connectivity index (χ1) is 8.85. The van der Waals surface area contributed by atoms with Gasteiger partial charge in [0.15, 0.2) is 0 Å². The summed E-state index contributed by atoms with van der Waals surface area (Å²) in [5, 5.41) is 3.27. The van der Waals surface area contributed by atoms with Crippen LogP contribution in [0.3, 0.4) is 0 Å². The molecule has 98 valence electrons. The van der Waals surface area contributed by atoms with Crippen molar-refractivity contribution in [3.8, 4) is 5.75 Å². The molecule has 18 heavy (non-hydrogen) atoms. The summed E-state index contributed by atoms with van der Waals surface area (Å²) in [4.78, 5) is 0. The van der Waals surface area contributed by atoms with Crippen LogP contribution in [-0.4, -0.2) is 19.7 Å². The van der Waals surface area contributed by atoms with Crippen LogP contribution < -0.4 is 10.1 Å². The van der Waals surface area contributed by atoms with Gasteiger partial charge in [0.2, 0.25) is 0 Å². The highest BCUT2D eigenvalue weighted by Crippen LogP contribution is 2.31. The van der Waals surface area contributed by atoms with Crippen molar-refractivity contribution < 1.29 is 4.74 Å². The van der Waals surface area contributed by atoms with Crippen LogP contribution in [0, 0.1) is 5.92 Å². The zero-order valence-corrected chi connectivity index (χ0v) is 11.2. The molecule has 1 fully saturated rings. The zero-order chi connectivity index (χ0) is 12.4. The Morgan fingerprint density at radius 1 is 1.22 bits per heavy atom. The largest absolute Gasteiger partial charge is 0.490 e. The van der Waals surface area contributed by atoms with Crippen molar-refractivity contribution in [2.75, 3.05) is 13.6 Å². The summed E-state index contributed by atoms with van der Waals surface area (Å²) in [6.45, 7) is 1.13. The predicted molar refractivity (Wildman–Crippen MR) is 74.2 cm³/mol. The molecule has 1 saturated carbocycles. The Morgan fingerprint density at radius 2 is 2.11 bits per heavy atom. The van der Waals surface area contributed by atoms with Gasteiger partial charge < -0.3 is 10.1 Å². The third-order valence-corrected chi connectivity index (χ3v) is 4.36. The smallest absolute Gasteiger partial charge is 0.120 e. The minimum Gasteiger partial charge on any atom is -0.490 e. The second-order valence-corrected chi connectivity index (χ2v) is 5.76. The van der Waals surface area contributed by atoms with Crippen molar-refractivity contribution >= 4 is 0 Å². The normalized spacial score (nSPS) is 26.3. The van der Waals surface area contributed by atoms with Gasteiger partial charge in [0.05, 0.1) is 6.10 Å². The monoisotopic (exact) mass is 245 g/mol. The lowest BCUT2D eigenvalue weighted by Crippen LogP contribution is -2.18. The number of benzene rings is 1. The van der Waals surface area contributed by atoms with Crippen LogP contribution in [0.5, 0.6) is 5.75 Å². The van der Waals surface area contributed by atoms with Crippen molar-refractivity contribution in [2.24, 2.45) is 5.92 Å². The minimum absolute atomic E-state index is 0.433. The first kappa shape index (κ1) is 12.0. The second-order valence-electron chi connectivity index (χ2n) is 5.76. The molecule has 0 saturated heterocycles. The van der Waals surface area contributed by atoms with Gasteiger partial charge >= 0.3 is 0 Å². The fourth-order valence-corrected chi connectivity index (χ4v) is 3.42. The van der Waals surface area contributed by atoms with E-state index >= 15 is 0 Å². The molecule has 0 aromatic heterocycles. The molecule has 0 bridgehead atoms. The average molecular weight is 245 g/mol. The number of hydrogen-bond acceptors (Lipinski definition) is 2. The summed E-state index contributed by atoms with van der Waals surface area (Å²) in [6.07, 6.45) is 7.95. The van der Waals surface area contributed by atoms with Gasteiger partial charge in [-0.05, 0) is 81.3 Å². The standard InChI is InChI=1S/C16H23NO/c1-17-11-12-5-7-15(9-12)18-16-8-6-13-3-2-4-14(13)10-16/h6,8,10,12,15,17H,2-5,7,9,11H2,1H3. The van der Waals surface area contributed by atoms with E-state index in [0.29, 0.717) is 6.10 Å². The Bertz CT molecular complexity index is 416. The van der Waals surface area contributed by atoms with E-state index in [0.717, 1.165) is 18.2 Å². The van der Waals surface area contributed by atoms with E-state index in [4.69, 9.17) is 4.74 Å². The van der Waals surface area contributed by atoms with Crippen molar-refractivity contribution in [1.82, 2.24) is 5.32 Å². The predicted octanol–water partition coefficient (Wildman–Crippen LogP) is 2.94. The van der Waals surface area contributed by atoms with Gasteiger partial charge in [-0.25, -0.2) is 0 Å². The third-order valence-electron chi connectivity index (χ3n) is 4.36. The molecule has 1 aromatic carbocycles. The number of ether oxygens (including phenoxy) is 1. The summed E-state index contributed by atoms with van der Waals surface area (Å²) in [5.41, 5.74) is 3.04. The number of rotatable bonds is 4. The molecule has 2 nitrogen and oxygen atoms in total. The van der Waals surface area contributed by atoms with Crippen LogP contribution >= 0.6 is 0 Å². The first-order valence-corrected chi connectivity index (χ1v) is 7.28. The third kappa shape index (κ3) is 2.54. The molecule has 0 amide bonds. The maximum atomic E-state index is 6.15. The van der Waals surface area contributed by atoms with E-state index in [1.807, 2.05) is 7.05 Å². The van der Waals surface area contributed by atoms with Gasteiger partial charge in [0, 0.05) is 0 Å². The fourth-order valence-electron chi connectivity index (χ4n) is 3.42. The molecule has 2 atom stereocenters. The molecule has 0 radical (unpaired) electrons. The Hall–Kier alpha value is -1.02. The average Bonchev–Trinajstić information content (AvgIpc) is 2.98. The molecule has 2 heteroatoms. The molecule has 2 aliphatic carbocycles. The summed E-state index contributed by atoms with van der Waals surface area (Å²) in [6, 6.07) is 6.70. The van der Waals surface area contributed by atoms with Crippen molar-refractivity contribution in [1.29, 1.82) is 0 Å². The molecule has 0 aliphatic heterocycles. The molecule has 0 spiro atoms. The van der Waals surface area contributed by atoms with Gasteiger partial charge in [-0.2, -0.15) is 0 Å². The first-order valence-electron chi connectivity index (χ1n) is 7.28. The zero-order valence-electron chi connectivity index (χ0n) is 11.2. The van der Waals surface area contributed by atoms with Gasteiger partial charge in [-0.1, -0.05) is 6.07 Å². The van der Waals surface area contributed by atoms with E-state index in [1.54, 1.807) is 0 Å². The van der Waals surface area contributed by atoms with Gasteiger partial charge in [-0.15, -0.1) is 0 Å². The Balaban J connectivity index is 1.60. The lowest BCUT2D eigenvalue weighted by molar-refractivity contribution is 0.204. The Morgan fingerprint density at radius 3 is 3.00 bits per heavy atom. The maximum Gasteiger partial charge on any atom is 0.120 e. The van der Waals surface area contributed by atoms with E-state index in [9.17, 15) is 0 Å². The molecule has 2 aliphatic rings. The van der Waals surface area contributed by atoms with Crippen LogP contribution in [0.2, 0.25) is 0 Å². The number of aryl methyl sites for hydroxylation is 2. The summed E-state index contributed by atoms with van der Waals surface area (Å²) >= 11 is 0. The van der Waals surface area contributed by atoms with E-state index in [2.05, 4.69) is 23.5 Å². The van der Waals surface area contributed by atoms with Crippen molar-refractivity contribution in [2.45, 2.75) is 44.6 Å². The Labute approximate surface area is 110 Å². The molecular formula is C16H23NO. The van der Waals surface area contributed by atoms with Crippen LogP contribution in [0.25, 0.3) is 0 Å².